The monoisotopic (exact) mass is 200 g/mol. The van der Waals surface area contributed by atoms with Crippen LogP contribution in [-0.2, 0) is 14.3 Å². The van der Waals surface area contributed by atoms with E-state index in [-0.39, 0.29) is 24.3 Å². The lowest BCUT2D eigenvalue weighted by Crippen LogP contribution is -2.28. The van der Waals surface area contributed by atoms with Crippen molar-refractivity contribution in [3.05, 3.63) is 0 Å². The summed E-state index contributed by atoms with van der Waals surface area (Å²) < 4.78 is 9.95. The molecule has 0 spiro atoms. The molecule has 1 aliphatic heterocycles. The number of aliphatic hydroxyl groups excluding tert-OH is 1. The lowest BCUT2D eigenvalue weighted by Gasteiger charge is -2.20. The first kappa shape index (κ1) is 9.93. The van der Waals surface area contributed by atoms with Crippen LogP contribution in [-0.4, -0.2) is 36.5 Å². The van der Waals surface area contributed by atoms with Gasteiger partial charge in [0.15, 0.2) is 0 Å². The van der Waals surface area contributed by atoms with Crippen LogP contribution >= 0.6 is 0 Å². The van der Waals surface area contributed by atoms with E-state index in [0.717, 1.165) is 19.3 Å². The second-order valence-electron chi connectivity index (χ2n) is 4.08. The van der Waals surface area contributed by atoms with Gasteiger partial charge < -0.3 is 14.6 Å². The number of epoxide rings is 1. The Balaban J connectivity index is 1.75. The quantitative estimate of drug-likeness (QED) is 0.531. The molecule has 1 heterocycles. The zero-order valence-corrected chi connectivity index (χ0v) is 8.31. The average molecular weight is 200 g/mol. The first-order valence-electron chi connectivity index (χ1n) is 5.12. The standard InChI is InChI=1S/C10H16O4/c1-13-8(12)5-3-6-2-4-7(11)10-9(6)14-10/h6-7,9-11H,2-5H2,1H3. The van der Waals surface area contributed by atoms with Gasteiger partial charge in [-0.15, -0.1) is 0 Å². The second-order valence-corrected chi connectivity index (χ2v) is 4.08. The summed E-state index contributed by atoms with van der Waals surface area (Å²) in [4.78, 5) is 10.9. The Morgan fingerprint density at radius 1 is 1.50 bits per heavy atom. The number of hydrogen-bond donors (Lipinski definition) is 1. The van der Waals surface area contributed by atoms with Gasteiger partial charge in [-0.3, -0.25) is 4.79 Å². The van der Waals surface area contributed by atoms with Gasteiger partial charge in [0.05, 0.1) is 19.3 Å². The molecule has 1 N–H and O–H groups in total. The molecule has 0 aromatic heterocycles. The highest BCUT2D eigenvalue weighted by Crippen LogP contribution is 2.42. The highest BCUT2D eigenvalue weighted by Gasteiger charge is 2.51. The van der Waals surface area contributed by atoms with Crippen LogP contribution in [0.1, 0.15) is 25.7 Å². The minimum Gasteiger partial charge on any atom is -0.469 e. The van der Waals surface area contributed by atoms with Crippen molar-refractivity contribution in [1.82, 2.24) is 0 Å². The molecular weight excluding hydrogens is 184 g/mol. The third-order valence-corrected chi connectivity index (χ3v) is 3.19. The Morgan fingerprint density at radius 2 is 2.29 bits per heavy atom. The predicted molar refractivity (Wildman–Crippen MR) is 48.6 cm³/mol. The zero-order valence-electron chi connectivity index (χ0n) is 8.31. The van der Waals surface area contributed by atoms with Crippen LogP contribution < -0.4 is 0 Å². The molecule has 14 heavy (non-hydrogen) atoms. The first-order valence-corrected chi connectivity index (χ1v) is 5.12. The van der Waals surface area contributed by atoms with E-state index < -0.39 is 0 Å². The molecule has 4 nitrogen and oxygen atoms in total. The molecule has 4 heteroatoms. The number of rotatable bonds is 3. The maximum atomic E-state index is 10.9. The fourth-order valence-corrected chi connectivity index (χ4v) is 2.25. The van der Waals surface area contributed by atoms with E-state index in [0.29, 0.717) is 12.3 Å². The van der Waals surface area contributed by atoms with Crippen LogP contribution in [0.4, 0.5) is 0 Å². The van der Waals surface area contributed by atoms with Crippen molar-refractivity contribution >= 4 is 5.97 Å². The molecule has 2 aliphatic rings. The summed E-state index contributed by atoms with van der Waals surface area (Å²) in [6.07, 6.45) is 3.00. The maximum absolute atomic E-state index is 10.9. The van der Waals surface area contributed by atoms with Gasteiger partial charge in [0.25, 0.3) is 0 Å². The summed E-state index contributed by atoms with van der Waals surface area (Å²) in [7, 11) is 1.41. The van der Waals surface area contributed by atoms with Crippen molar-refractivity contribution in [3.63, 3.8) is 0 Å². The molecule has 0 radical (unpaired) electrons. The van der Waals surface area contributed by atoms with E-state index in [9.17, 15) is 9.90 Å². The number of carbonyl (C=O) groups excluding carboxylic acids is 1. The molecule has 0 aromatic rings. The molecule has 1 saturated carbocycles. The molecule has 4 atom stereocenters. The molecule has 0 amide bonds. The van der Waals surface area contributed by atoms with Crippen LogP contribution in [0, 0.1) is 5.92 Å². The Labute approximate surface area is 83.2 Å². The minimum atomic E-state index is -0.283. The van der Waals surface area contributed by atoms with Gasteiger partial charge in [0.2, 0.25) is 0 Å². The number of ether oxygens (including phenoxy) is 2. The summed E-state index contributed by atoms with van der Waals surface area (Å²) in [6, 6.07) is 0. The van der Waals surface area contributed by atoms with Crippen LogP contribution in [0.5, 0.6) is 0 Å². The predicted octanol–water partition coefficient (Wildman–Crippen LogP) is 0.478. The van der Waals surface area contributed by atoms with Crippen molar-refractivity contribution < 1.29 is 19.4 Å². The average Bonchev–Trinajstić information content (AvgIpc) is 2.97. The summed E-state index contributed by atoms with van der Waals surface area (Å²) in [6.45, 7) is 0. The smallest absolute Gasteiger partial charge is 0.305 e. The Bertz CT molecular complexity index is 228. The lowest BCUT2D eigenvalue weighted by molar-refractivity contribution is -0.141. The molecule has 4 unspecified atom stereocenters. The third-order valence-electron chi connectivity index (χ3n) is 3.19. The molecule has 80 valence electrons. The van der Waals surface area contributed by atoms with Crippen molar-refractivity contribution in [2.75, 3.05) is 7.11 Å². The number of fused-ring (bicyclic) bond motifs is 1. The maximum Gasteiger partial charge on any atom is 0.305 e. The lowest BCUT2D eigenvalue weighted by atomic mass is 9.84. The van der Waals surface area contributed by atoms with Gasteiger partial charge in [-0.1, -0.05) is 0 Å². The number of aliphatic hydroxyl groups is 1. The molecule has 2 rings (SSSR count). The van der Waals surface area contributed by atoms with Gasteiger partial charge in [-0.2, -0.15) is 0 Å². The van der Waals surface area contributed by atoms with Crippen molar-refractivity contribution in [3.8, 4) is 0 Å². The van der Waals surface area contributed by atoms with Gasteiger partial charge in [-0.25, -0.2) is 0 Å². The van der Waals surface area contributed by atoms with Crippen LogP contribution in [0.2, 0.25) is 0 Å². The fraction of sp³-hybridized carbons (Fsp3) is 0.900. The van der Waals surface area contributed by atoms with Crippen molar-refractivity contribution in [2.45, 2.75) is 44.0 Å². The SMILES string of the molecule is COC(=O)CCC1CCC(O)C2OC12. The Hall–Kier alpha value is -0.610. The topological polar surface area (TPSA) is 59.1 Å². The van der Waals surface area contributed by atoms with Gasteiger partial charge in [-0.05, 0) is 25.2 Å². The van der Waals surface area contributed by atoms with Gasteiger partial charge in [0, 0.05) is 6.42 Å². The molecule has 1 aliphatic carbocycles. The normalized spacial score (nSPS) is 40.1. The summed E-state index contributed by atoms with van der Waals surface area (Å²) in [5, 5.41) is 9.44. The molecule has 2 fully saturated rings. The van der Waals surface area contributed by atoms with E-state index in [2.05, 4.69) is 4.74 Å². The zero-order chi connectivity index (χ0) is 10.1. The van der Waals surface area contributed by atoms with Crippen molar-refractivity contribution in [2.24, 2.45) is 5.92 Å². The highest BCUT2D eigenvalue weighted by molar-refractivity contribution is 5.69. The van der Waals surface area contributed by atoms with E-state index in [4.69, 9.17) is 4.74 Å². The van der Waals surface area contributed by atoms with Crippen molar-refractivity contribution in [1.29, 1.82) is 0 Å². The van der Waals surface area contributed by atoms with E-state index >= 15 is 0 Å². The number of hydrogen-bond acceptors (Lipinski definition) is 4. The first-order chi connectivity index (χ1) is 6.72. The molecular formula is C10H16O4. The number of esters is 1. The number of carbonyl (C=O) groups is 1. The minimum absolute atomic E-state index is 0.0476. The third kappa shape index (κ3) is 1.91. The van der Waals surface area contributed by atoms with E-state index in [1.165, 1.54) is 7.11 Å². The highest BCUT2D eigenvalue weighted by atomic mass is 16.6. The molecule has 1 saturated heterocycles. The summed E-state index contributed by atoms with van der Waals surface area (Å²) in [5.74, 6) is 0.274. The molecule has 0 aromatic carbocycles. The number of methoxy groups -OCH3 is 1. The second kappa shape index (κ2) is 3.87. The fourth-order valence-electron chi connectivity index (χ4n) is 2.25. The van der Waals surface area contributed by atoms with Crippen LogP contribution in [0.3, 0.4) is 0 Å². The van der Waals surface area contributed by atoms with Gasteiger partial charge >= 0.3 is 5.97 Å². The largest absolute Gasteiger partial charge is 0.469 e. The summed E-state index contributed by atoms with van der Waals surface area (Å²) >= 11 is 0. The Kier molecular flexibility index (Phi) is 2.74. The van der Waals surface area contributed by atoms with Crippen LogP contribution in [0.25, 0.3) is 0 Å². The van der Waals surface area contributed by atoms with E-state index in [1.807, 2.05) is 0 Å². The Morgan fingerprint density at radius 3 is 3.00 bits per heavy atom. The summed E-state index contributed by atoms with van der Waals surface area (Å²) in [5.41, 5.74) is 0. The van der Waals surface area contributed by atoms with E-state index in [1.54, 1.807) is 0 Å². The molecule has 0 bridgehead atoms. The van der Waals surface area contributed by atoms with Crippen LogP contribution in [0.15, 0.2) is 0 Å². The van der Waals surface area contributed by atoms with Gasteiger partial charge in [0.1, 0.15) is 6.10 Å².